The van der Waals surface area contributed by atoms with Crippen molar-refractivity contribution in [3.63, 3.8) is 0 Å². The van der Waals surface area contributed by atoms with Gasteiger partial charge in [0.15, 0.2) is 8.07 Å². The maximum atomic E-state index is 2.40. The van der Waals surface area contributed by atoms with Crippen LogP contribution in [0.2, 0.25) is 0 Å². The van der Waals surface area contributed by atoms with E-state index in [-0.39, 0.29) is 0 Å². The van der Waals surface area contributed by atoms with Crippen molar-refractivity contribution >= 4 is 72.2 Å². The predicted molar refractivity (Wildman–Crippen MR) is 120 cm³/mol. The van der Waals surface area contributed by atoms with E-state index in [0.717, 1.165) is 0 Å². The summed E-state index contributed by atoms with van der Waals surface area (Å²) in [7, 11) is -2.22. The second kappa shape index (κ2) is 5.51. The fraction of sp³-hybridized carbons (Fsp3) is 0. The number of rotatable bonds is 2. The monoisotopic (exact) mass is 402 g/mol. The molecule has 4 heterocycles. The Morgan fingerprint density at radius 1 is 0.615 bits per heavy atom. The molecule has 0 radical (unpaired) electrons. The Kier molecular flexibility index (Phi) is 3.20. The lowest BCUT2D eigenvalue weighted by atomic mass is 10.4. The Morgan fingerprint density at radius 3 is 1.96 bits per heavy atom. The van der Waals surface area contributed by atoms with Gasteiger partial charge in [0.05, 0.1) is 0 Å². The van der Waals surface area contributed by atoms with Crippen LogP contribution in [0, 0.1) is 0 Å². The first-order valence-corrected chi connectivity index (χ1v) is 13.2. The van der Waals surface area contributed by atoms with Crippen LogP contribution in [-0.4, -0.2) is 8.07 Å². The molecule has 0 nitrogen and oxygen atoms in total. The molecule has 0 saturated carbocycles. The topological polar surface area (TPSA) is 0 Å². The SMILES string of the molecule is c1ccc([Si]2(c3ccccc3)c3ccsc3-c3sc4ccsc4c32)cc1. The molecule has 1 aliphatic rings. The largest absolute Gasteiger partial charge is 0.184 e. The van der Waals surface area contributed by atoms with Gasteiger partial charge < -0.3 is 0 Å². The highest BCUT2D eigenvalue weighted by molar-refractivity contribution is 7.40. The molecular weight excluding hydrogens is 389 g/mol. The Labute approximate surface area is 165 Å². The average Bonchev–Trinajstić information content (AvgIpc) is 3.43. The summed E-state index contributed by atoms with van der Waals surface area (Å²) in [5, 5.41) is 10.7. The minimum Gasteiger partial charge on any atom is -0.143 e. The summed E-state index contributed by atoms with van der Waals surface area (Å²) in [6.07, 6.45) is 0. The first-order chi connectivity index (χ1) is 12.9. The van der Waals surface area contributed by atoms with Gasteiger partial charge in [-0.15, -0.1) is 34.0 Å². The van der Waals surface area contributed by atoms with E-state index in [1.54, 1.807) is 10.4 Å². The minimum atomic E-state index is -2.22. The fourth-order valence-electron chi connectivity index (χ4n) is 4.38. The quantitative estimate of drug-likeness (QED) is 0.377. The normalized spacial score (nSPS) is 14.5. The standard InChI is InChI=1S/C22H14S3Si/c1-3-7-15(8-4-1)26(16-9-5-2-6-10-16)18-12-14-24-20(18)21-22(26)19-17(25-21)11-13-23-19/h1-14H. The summed E-state index contributed by atoms with van der Waals surface area (Å²) < 4.78 is 2.95. The number of hydrogen-bond donors (Lipinski definition) is 0. The number of hydrogen-bond acceptors (Lipinski definition) is 3. The zero-order valence-corrected chi connectivity index (χ0v) is 17.3. The highest BCUT2D eigenvalue weighted by atomic mass is 32.1. The molecule has 0 saturated heterocycles. The van der Waals surface area contributed by atoms with Gasteiger partial charge in [-0.2, -0.15) is 0 Å². The second-order valence-corrected chi connectivity index (χ2v) is 13.1. The summed E-state index contributed by atoms with van der Waals surface area (Å²) >= 11 is 5.82. The van der Waals surface area contributed by atoms with Crippen LogP contribution in [0.4, 0.5) is 0 Å². The fourth-order valence-corrected chi connectivity index (χ4v) is 14.7. The lowest BCUT2D eigenvalue weighted by Crippen LogP contribution is -2.72. The summed E-state index contributed by atoms with van der Waals surface area (Å²) in [5.41, 5.74) is 0. The zero-order chi connectivity index (χ0) is 17.1. The molecular formula is C22H14S3Si. The van der Waals surface area contributed by atoms with Crippen molar-refractivity contribution in [2.45, 2.75) is 0 Å². The highest BCUT2D eigenvalue weighted by Gasteiger charge is 2.51. The number of thiophene rings is 3. The Balaban J connectivity index is 1.85. The maximum absolute atomic E-state index is 2.40. The highest BCUT2D eigenvalue weighted by Crippen LogP contribution is 2.42. The lowest BCUT2D eigenvalue weighted by molar-refractivity contribution is 1.72. The van der Waals surface area contributed by atoms with E-state index in [1.807, 2.05) is 34.0 Å². The molecule has 5 aromatic rings. The van der Waals surface area contributed by atoms with Crippen LogP contribution < -0.4 is 20.7 Å². The average molecular weight is 403 g/mol. The molecule has 0 N–H and O–H groups in total. The second-order valence-electron chi connectivity index (χ2n) is 6.57. The Hall–Kier alpha value is -1.98. The van der Waals surface area contributed by atoms with Crippen molar-refractivity contribution in [3.8, 4) is 9.75 Å². The van der Waals surface area contributed by atoms with Gasteiger partial charge in [0.1, 0.15) is 0 Å². The van der Waals surface area contributed by atoms with E-state index in [2.05, 4.69) is 83.6 Å². The van der Waals surface area contributed by atoms with Crippen LogP contribution >= 0.6 is 34.0 Å². The molecule has 0 bridgehead atoms. The summed E-state index contributed by atoms with van der Waals surface area (Å²) in [5.74, 6) is 0. The van der Waals surface area contributed by atoms with Crippen LogP contribution in [0.5, 0.6) is 0 Å². The van der Waals surface area contributed by atoms with Crippen molar-refractivity contribution in [2.75, 3.05) is 0 Å². The molecule has 0 fully saturated rings. The van der Waals surface area contributed by atoms with E-state index in [4.69, 9.17) is 0 Å². The molecule has 2 aromatic carbocycles. The molecule has 3 aromatic heterocycles. The van der Waals surface area contributed by atoms with Gasteiger partial charge in [-0.05, 0) is 37.6 Å². The van der Waals surface area contributed by atoms with Crippen molar-refractivity contribution in [2.24, 2.45) is 0 Å². The molecule has 0 unspecified atom stereocenters. The van der Waals surface area contributed by atoms with Crippen LogP contribution in [0.15, 0.2) is 83.6 Å². The van der Waals surface area contributed by atoms with Crippen molar-refractivity contribution < 1.29 is 0 Å². The van der Waals surface area contributed by atoms with Crippen LogP contribution in [0.3, 0.4) is 0 Å². The molecule has 1 aliphatic heterocycles. The lowest BCUT2D eigenvalue weighted by Gasteiger charge is -2.30. The molecule has 26 heavy (non-hydrogen) atoms. The third-order valence-electron chi connectivity index (χ3n) is 5.36. The third kappa shape index (κ3) is 1.78. The van der Waals surface area contributed by atoms with Gasteiger partial charge in [-0.1, -0.05) is 66.7 Å². The Morgan fingerprint density at radius 2 is 1.27 bits per heavy atom. The molecule has 4 heteroatoms. The molecule has 0 spiro atoms. The van der Waals surface area contributed by atoms with Gasteiger partial charge in [0, 0.05) is 19.2 Å². The van der Waals surface area contributed by atoms with Crippen molar-refractivity contribution in [3.05, 3.63) is 83.6 Å². The summed E-state index contributed by atoms with van der Waals surface area (Å²) in [4.78, 5) is 3.03. The molecule has 6 rings (SSSR count). The predicted octanol–water partition coefficient (Wildman–Crippen LogP) is 4.38. The minimum absolute atomic E-state index is 1.45. The van der Waals surface area contributed by atoms with E-state index in [1.165, 1.54) is 29.5 Å². The van der Waals surface area contributed by atoms with Gasteiger partial charge >= 0.3 is 0 Å². The third-order valence-corrected chi connectivity index (χ3v) is 14.1. The first kappa shape index (κ1) is 15.1. The summed E-state index contributed by atoms with van der Waals surface area (Å²) in [6.45, 7) is 0. The molecule has 0 amide bonds. The molecule has 0 aliphatic carbocycles. The Bertz CT molecular complexity index is 1190. The number of fused-ring (bicyclic) bond motifs is 5. The summed E-state index contributed by atoms with van der Waals surface area (Å²) in [6, 6.07) is 27.2. The van der Waals surface area contributed by atoms with E-state index in [9.17, 15) is 0 Å². The first-order valence-electron chi connectivity index (χ1n) is 8.60. The van der Waals surface area contributed by atoms with E-state index in [0.29, 0.717) is 0 Å². The van der Waals surface area contributed by atoms with Gasteiger partial charge in [0.25, 0.3) is 0 Å². The maximum Gasteiger partial charge on any atom is 0.184 e. The smallest absolute Gasteiger partial charge is 0.143 e. The van der Waals surface area contributed by atoms with Crippen molar-refractivity contribution in [1.82, 2.24) is 0 Å². The van der Waals surface area contributed by atoms with E-state index >= 15 is 0 Å². The van der Waals surface area contributed by atoms with Crippen LogP contribution in [0.1, 0.15) is 0 Å². The van der Waals surface area contributed by atoms with Gasteiger partial charge in [-0.25, -0.2) is 0 Å². The van der Waals surface area contributed by atoms with Gasteiger partial charge in [0.2, 0.25) is 0 Å². The van der Waals surface area contributed by atoms with Gasteiger partial charge in [-0.3, -0.25) is 0 Å². The van der Waals surface area contributed by atoms with E-state index < -0.39 is 8.07 Å². The zero-order valence-electron chi connectivity index (χ0n) is 13.8. The van der Waals surface area contributed by atoms with Crippen LogP contribution in [-0.2, 0) is 0 Å². The number of benzene rings is 2. The van der Waals surface area contributed by atoms with Crippen molar-refractivity contribution in [1.29, 1.82) is 0 Å². The van der Waals surface area contributed by atoms with Crippen LogP contribution in [0.25, 0.3) is 19.2 Å². The molecule has 124 valence electrons. The molecule has 0 atom stereocenters.